The number of carbonyl (C=O) groups excluding carboxylic acids is 1. The van der Waals surface area contributed by atoms with Gasteiger partial charge in [-0.25, -0.2) is 4.98 Å². The molecule has 4 heteroatoms. The number of hydrogen-bond acceptors (Lipinski definition) is 2. The Hall–Kier alpha value is -2.62. The molecular weight excluding hydrogens is 238 g/mol. The van der Waals surface area contributed by atoms with Crippen LogP contribution in [0, 0.1) is 6.92 Å². The third-order valence-electron chi connectivity index (χ3n) is 3.12. The van der Waals surface area contributed by atoms with E-state index in [0.717, 1.165) is 22.6 Å². The summed E-state index contributed by atoms with van der Waals surface area (Å²) in [4.78, 5) is 15.8. The average Bonchev–Trinajstić information content (AvgIpc) is 2.74. The zero-order valence-electron chi connectivity index (χ0n) is 10.5. The fourth-order valence-corrected chi connectivity index (χ4v) is 2.25. The number of aromatic nitrogens is 2. The fraction of sp³-hybridized carbons (Fsp3) is 0.0667. The van der Waals surface area contributed by atoms with Gasteiger partial charge in [-0.1, -0.05) is 30.3 Å². The van der Waals surface area contributed by atoms with Crippen molar-refractivity contribution in [1.29, 1.82) is 0 Å². The summed E-state index contributed by atoms with van der Waals surface area (Å²) in [6.07, 6.45) is 1.74. The fourth-order valence-electron chi connectivity index (χ4n) is 2.25. The molecule has 0 radical (unpaired) electrons. The van der Waals surface area contributed by atoms with Crippen LogP contribution in [0.5, 0.6) is 0 Å². The topological polar surface area (TPSA) is 60.4 Å². The van der Waals surface area contributed by atoms with Gasteiger partial charge in [0.05, 0.1) is 17.0 Å². The largest absolute Gasteiger partial charge is 0.366 e. The molecule has 2 aromatic heterocycles. The Bertz CT molecular complexity index is 760. The number of nitrogens with zero attached hydrogens (tertiary/aromatic N) is 2. The van der Waals surface area contributed by atoms with Crippen LogP contribution in [0.1, 0.15) is 16.1 Å². The highest BCUT2D eigenvalue weighted by atomic mass is 16.1. The van der Waals surface area contributed by atoms with Crippen LogP contribution in [0.25, 0.3) is 16.9 Å². The van der Waals surface area contributed by atoms with E-state index < -0.39 is 5.91 Å². The molecule has 94 valence electrons. The molecule has 0 saturated carbocycles. The average molecular weight is 251 g/mol. The van der Waals surface area contributed by atoms with Gasteiger partial charge in [0.1, 0.15) is 5.65 Å². The van der Waals surface area contributed by atoms with E-state index in [1.54, 1.807) is 18.3 Å². The highest BCUT2D eigenvalue weighted by molar-refractivity contribution is 5.93. The first kappa shape index (κ1) is 11.5. The SMILES string of the molecule is Cc1nc2ccc(C(N)=O)cn2c1-c1ccccc1. The molecule has 0 atom stereocenters. The van der Waals surface area contributed by atoms with E-state index in [0.29, 0.717) is 5.56 Å². The van der Waals surface area contributed by atoms with Gasteiger partial charge < -0.3 is 5.73 Å². The van der Waals surface area contributed by atoms with Crippen molar-refractivity contribution in [2.45, 2.75) is 6.92 Å². The van der Waals surface area contributed by atoms with Crippen molar-refractivity contribution in [3.63, 3.8) is 0 Å². The van der Waals surface area contributed by atoms with Gasteiger partial charge >= 0.3 is 0 Å². The molecule has 3 rings (SSSR count). The minimum absolute atomic E-state index is 0.438. The number of pyridine rings is 1. The maximum atomic E-state index is 11.3. The van der Waals surface area contributed by atoms with Crippen molar-refractivity contribution in [2.24, 2.45) is 5.73 Å². The highest BCUT2D eigenvalue weighted by Crippen LogP contribution is 2.24. The quantitative estimate of drug-likeness (QED) is 0.760. The summed E-state index contributed by atoms with van der Waals surface area (Å²) < 4.78 is 1.91. The first-order chi connectivity index (χ1) is 9.16. The van der Waals surface area contributed by atoms with Crippen LogP contribution in [0.3, 0.4) is 0 Å². The number of nitrogens with two attached hydrogens (primary N) is 1. The third kappa shape index (κ3) is 1.87. The number of imidazole rings is 1. The number of aryl methyl sites for hydroxylation is 1. The molecule has 19 heavy (non-hydrogen) atoms. The smallest absolute Gasteiger partial charge is 0.250 e. The lowest BCUT2D eigenvalue weighted by Gasteiger charge is -2.04. The summed E-state index contributed by atoms with van der Waals surface area (Å²) in [6, 6.07) is 13.5. The second-order valence-electron chi connectivity index (χ2n) is 4.42. The van der Waals surface area contributed by atoms with Gasteiger partial charge in [-0.15, -0.1) is 0 Å². The number of fused-ring (bicyclic) bond motifs is 1. The van der Waals surface area contributed by atoms with E-state index in [4.69, 9.17) is 5.73 Å². The van der Waals surface area contributed by atoms with Gasteiger partial charge in [0.15, 0.2) is 0 Å². The zero-order chi connectivity index (χ0) is 13.4. The minimum atomic E-state index is -0.438. The first-order valence-electron chi connectivity index (χ1n) is 6.01. The van der Waals surface area contributed by atoms with E-state index in [2.05, 4.69) is 4.98 Å². The Balaban J connectivity index is 2.31. The summed E-state index contributed by atoms with van der Waals surface area (Å²) >= 11 is 0. The Labute approximate surface area is 110 Å². The molecule has 3 aromatic rings. The van der Waals surface area contributed by atoms with Crippen molar-refractivity contribution >= 4 is 11.6 Å². The molecule has 0 unspecified atom stereocenters. The lowest BCUT2D eigenvalue weighted by molar-refractivity contribution is 0.1000. The minimum Gasteiger partial charge on any atom is -0.366 e. The van der Waals surface area contributed by atoms with Crippen LogP contribution >= 0.6 is 0 Å². The number of hydrogen-bond donors (Lipinski definition) is 1. The van der Waals surface area contributed by atoms with Gasteiger partial charge in [-0.05, 0) is 19.1 Å². The van der Waals surface area contributed by atoms with Gasteiger partial charge in [-0.3, -0.25) is 9.20 Å². The molecule has 1 aromatic carbocycles. The molecule has 0 fully saturated rings. The molecule has 2 N–H and O–H groups in total. The van der Waals surface area contributed by atoms with Crippen LogP contribution in [-0.4, -0.2) is 15.3 Å². The summed E-state index contributed by atoms with van der Waals surface area (Å²) in [5.74, 6) is -0.438. The normalized spacial score (nSPS) is 10.8. The second kappa shape index (κ2) is 4.24. The van der Waals surface area contributed by atoms with Gasteiger partial charge in [0.2, 0.25) is 5.91 Å². The molecule has 0 aliphatic heterocycles. The molecule has 4 nitrogen and oxygen atoms in total. The van der Waals surface area contributed by atoms with Gasteiger partial charge in [-0.2, -0.15) is 0 Å². The number of benzene rings is 1. The number of rotatable bonds is 2. The molecular formula is C15H13N3O. The summed E-state index contributed by atoms with van der Waals surface area (Å²) in [5, 5.41) is 0. The molecule has 2 heterocycles. The number of primary amides is 1. The summed E-state index contributed by atoms with van der Waals surface area (Å²) in [7, 11) is 0. The predicted octanol–water partition coefficient (Wildman–Crippen LogP) is 2.41. The molecule has 0 spiro atoms. The Kier molecular flexibility index (Phi) is 2.56. The van der Waals surface area contributed by atoms with Crippen LogP contribution in [-0.2, 0) is 0 Å². The van der Waals surface area contributed by atoms with Gasteiger partial charge in [0, 0.05) is 11.8 Å². The van der Waals surface area contributed by atoms with E-state index in [1.165, 1.54) is 0 Å². The monoisotopic (exact) mass is 251 g/mol. The third-order valence-corrected chi connectivity index (χ3v) is 3.12. The summed E-state index contributed by atoms with van der Waals surface area (Å²) in [5.41, 5.74) is 9.58. The summed E-state index contributed by atoms with van der Waals surface area (Å²) in [6.45, 7) is 1.96. The standard InChI is InChI=1S/C15H13N3O/c1-10-14(11-5-3-2-4-6-11)18-9-12(15(16)19)7-8-13(18)17-10/h2-9H,1H3,(H2,16,19). The van der Waals surface area contributed by atoms with Gasteiger partial charge in [0.25, 0.3) is 0 Å². The molecule has 0 saturated heterocycles. The highest BCUT2D eigenvalue weighted by Gasteiger charge is 2.12. The van der Waals surface area contributed by atoms with Crippen LogP contribution in [0.2, 0.25) is 0 Å². The van der Waals surface area contributed by atoms with E-state index in [9.17, 15) is 4.79 Å². The predicted molar refractivity (Wildman–Crippen MR) is 73.9 cm³/mol. The van der Waals surface area contributed by atoms with Crippen molar-refractivity contribution in [3.05, 3.63) is 59.9 Å². The van der Waals surface area contributed by atoms with E-state index in [1.807, 2.05) is 41.7 Å². The maximum absolute atomic E-state index is 11.3. The van der Waals surface area contributed by atoms with E-state index >= 15 is 0 Å². The van der Waals surface area contributed by atoms with Crippen molar-refractivity contribution in [3.8, 4) is 11.3 Å². The van der Waals surface area contributed by atoms with Crippen molar-refractivity contribution < 1.29 is 4.79 Å². The Morgan fingerprint density at radius 1 is 1.16 bits per heavy atom. The first-order valence-corrected chi connectivity index (χ1v) is 6.01. The lowest BCUT2D eigenvalue weighted by atomic mass is 10.1. The Morgan fingerprint density at radius 3 is 2.58 bits per heavy atom. The van der Waals surface area contributed by atoms with Crippen molar-refractivity contribution in [2.75, 3.05) is 0 Å². The van der Waals surface area contributed by atoms with Crippen molar-refractivity contribution in [1.82, 2.24) is 9.38 Å². The molecule has 0 aliphatic rings. The Morgan fingerprint density at radius 2 is 1.89 bits per heavy atom. The molecule has 0 aliphatic carbocycles. The van der Waals surface area contributed by atoms with Crippen LogP contribution in [0.4, 0.5) is 0 Å². The number of carbonyl (C=O) groups is 1. The lowest BCUT2D eigenvalue weighted by Crippen LogP contribution is -2.11. The second-order valence-corrected chi connectivity index (χ2v) is 4.42. The van der Waals surface area contributed by atoms with E-state index in [-0.39, 0.29) is 0 Å². The maximum Gasteiger partial charge on any atom is 0.250 e. The van der Waals surface area contributed by atoms with Crippen LogP contribution < -0.4 is 5.73 Å². The molecule has 1 amide bonds. The number of amides is 1. The van der Waals surface area contributed by atoms with Crippen LogP contribution in [0.15, 0.2) is 48.7 Å². The molecule has 0 bridgehead atoms. The zero-order valence-corrected chi connectivity index (χ0v) is 10.5.